The monoisotopic (exact) mass is 304 g/mol. The van der Waals surface area contributed by atoms with Crippen molar-refractivity contribution < 1.29 is 4.74 Å². The molecule has 3 heteroatoms. The lowest BCUT2D eigenvalue weighted by molar-refractivity contribution is 0.412. The molecule has 1 aromatic carbocycles. The number of ether oxygens (including phenoxy) is 1. The number of alkyl halides is 1. The SMILES string of the molecule is CCCCCC(Cl)c1ccc(OC)c(Br)c1. The van der Waals surface area contributed by atoms with Crippen LogP contribution in [-0.2, 0) is 0 Å². The van der Waals surface area contributed by atoms with Gasteiger partial charge in [-0.3, -0.25) is 0 Å². The molecule has 1 unspecified atom stereocenters. The molecule has 1 nitrogen and oxygen atoms in total. The molecule has 0 aliphatic carbocycles. The first kappa shape index (κ1) is 13.9. The summed E-state index contributed by atoms with van der Waals surface area (Å²) in [5, 5.41) is 0.105. The number of benzene rings is 1. The van der Waals surface area contributed by atoms with Gasteiger partial charge < -0.3 is 4.74 Å². The van der Waals surface area contributed by atoms with Gasteiger partial charge in [-0.05, 0) is 40.0 Å². The topological polar surface area (TPSA) is 9.23 Å². The second kappa shape index (κ2) is 7.18. The van der Waals surface area contributed by atoms with Gasteiger partial charge in [-0.15, -0.1) is 11.6 Å². The van der Waals surface area contributed by atoms with E-state index in [1.807, 2.05) is 18.2 Å². The minimum Gasteiger partial charge on any atom is -0.496 e. The van der Waals surface area contributed by atoms with Crippen LogP contribution in [0.15, 0.2) is 22.7 Å². The average Bonchev–Trinajstić information content (AvgIpc) is 2.29. The third kappa shape index (κ3) is 3.99. The Morgan fingerprint density at radius 2 is 2.12 bits per heavy atom. The molecule has 0 spiro atoms. The fourth-order valence-corrected chi connectivity index (χ4v) is 2.47. The van der Waals surface area contributed by atoms with Crippen LogP contribution in [0.2, 0.25) is 0 Å². The van der Waals surface area contributed by atoms with Crippen molar-refractivity contribution in [1.29, 1.82) is 0 Å². The molecule has 0 saturated heterocycles. The third-order valence-corrected chi connectivity index (χ3v) is 3.69. The number of methoxy groups -OCH3 is 1. The molecule has 90 valence electrons. The van der Waals surface area contributed by atoms with Crippen LogP contribution < -0.4 is 4.74 Å². The molecule has 0 aliphatic rings. The summed E-state index contributed by atoms with van der Waals surface area (Å²) in [5.74, 6) is 0.848. The number of hydrogen-bond acceptors (Lipinski definition) is 1. The lowest BCUT2D eigenvalue weighted by Gasteiger charge is -2.11. The Kier molecular flexibility index (Phi) is 6.22. The highest BCUT2D eigenvalue weighted by atomic mass is 79.9. The Morgan fingerprint density at radius 3 is 2.69 bits per heavy atom. The Hall–Kier alpha value is -0.210. The molecule has 0 N–H and O–H groups in total. The second-order valence-corrected chi connectivity index (χ2v) is 5.24. The number of halogens is 2. The zero-order chi connectivity index (χ0) is 12.0. The summed E-state index contributed by atoms with van der Waals surface area (Å²) < 4.78 is 6.15. The van der Waals surface area contributed by atoms with Crippen molar-refractivity contribution in [2.45, 2.75) is 38.0 Å². The molecule has 0 fully saturated rings. The van der Waals surface area contributed by atoms with E-state index in [-0.39, 0.29) is 5.38 Å². The predicted octanol–water partition coefficient (Wildman–Crippen LogP) is 5.32. The highest BCUT2D eigenvalue weighted by molar-refractivity contribution is 9.10. The zero-order valence-electron chi connectivity index (χ0n) is 9.80. The molecule has 0 aromatic heterocycles. The van der Waals surface area contributed by atoms with Crippen molar-refractivity contribution in [2.24, 2.45) is 0 Å². The molecular weight excluding hydrogens is 287 g/mol. The van der Waals surface area contributed by atoms with E-state index in [1.165, 1.54) is 19.3 Å². The van der Waals surface area contributed by atoms with Crippen LogP contribution in [0.4, 0.5) is 0 Å². The van der Waals surface area contributed by atoms with Crippen LogP contribution in [0.1, 0.15) is 43.5 Å². The Labute approximate surface area is 111 Å². The minimum absolute atomic E-state index is 0.105. The van der Waals surface area contributed by atoms with Gasteiger partial charge in [0.1, 0.15) is 5.75 Å². The van der Waals surface area contributed by atoms with Crippen molar-refractivity contribution in [1.82, 2.24) is 0 Å². The van der Waals surface area contributed by atoms with Gasteiger partial charge in [0.25, 0.3) is 0 Å². The molecule has 0 aliphatic heterocycles. The molecule has 0 bridgehead atoms. The normalized spacial score (nSPS) is 12.5. The smallest absolute Gasteiger partial charge is 0.133 e. The van der Waals surface area contributed by atoms with E-state index in [0.717, 1.165) is 22.2 Å². The van der Waals surface area contributed by atoms with Crippen molar-refractivity contribution in [3.05, 3.63) is 28.2 Å². The van der Waals surface area contributed by atoms with E-state index in [2.05, 4.69) is 22.9 Å². The Morgan fingerprint density at radius 1 is 1.38 bits per heavy atom. The number of hydrogen-bond donors (Lipinski definition) is 0. The maximum Gasteiger partial charge on any atom is 0.133 e. The van der Waals surface area contributed by atoms with Gasteiger partial charge in [-0.1, -0.05) is 32.3 Å². The summed E-state index contributed by atoms with van der Waals surface area (Å²) in [6.07, 6.45) is 4.71. The first-order chi connectivity index (χ1) is 7.69. The van der Waals surface area contributed by atoms with E-state index in [0.29, 0.717) is 0 Å². The first-order valence-corrected chi connectivity index (χ1v) is 6.89. The van der Waals surface area contributed by atoms with Gasteiger partial charge in [0.15, 0.2) is 0 Å². The van der Waals surface area contributed by atoms with E-state index in [9.17, 15) is 0 Å². The third-order valence-electron chi connectivity index (χ3n) is 2.60. The fraction of sp³-hybridized carbons (Fsp3) is 0.538. The molecule has 1 rings (SSSR count). The maximum atomic E-state index is 6.35. The van der Waals surface area contributed by atoms with Crippen LogP contribution in [0, 0.1) is 0 Å². The first-order valence-electron chi connectivity index (χ1n) is 5.66. The summed E-state index contributed by atoms with van der Waals surface area (Å²) in [7, 11) is 1.67. The van der Waals surface area contributed by atoms with E-state index < -0.39 is 0 Å². The summed E-state index contributed by atoms with van der Waals surface area (Å²) >= 11 is 9.82. The van der Waals surface area contributed by atoms with Crippen molar-refractivity contribution in [2.75, 3.05) is 7.11 Å². The van der Waals surface area contributed by atoms with Gasteiger partial charge >= 0.3 is 0 Å². The maximum absolute atomic E-state index is 6.35. The number of unbranched alkanes of at least 4 members (excludes halogenated alkanes) is 2. The Bertz CT molecular complexity index is 328. The van der Waals surface area contributed by atoms with E-state index in [1.54, 1.807) is 7.11 Å². The molecule has 1 atom stereocenters. The lowest BCUT2D eigenvalue weighted by Crippen LogP contribution is -1.92. The molecule has 0 saturated carbocycles. The van der Waals surface area contributed by atoms with Crippen LogP contribution in [0.3, 0.4) is 0 Å². The van der Waals surface area contributed by atoms with Crippen molar-refractivity contribution in [3.63, 3.8) is 0 Å². The highest BCUT2D eigenvalue weighted by Gasteiger charge is 2.09. The standard InChI is InChI=1S/C13H18BrClO/c1-3-4-5-6-12(15)10-7-8-13(16-2)11(14)9-10/h7-9,12H,3-6H2,1-2H3. The quantitative estimate of drug-likeness (QED) is 0.510. The zero-order valence-corrected chi connectivity index (χ0v) is 12.1. The van der Waals surface area contributed by atoms with E-state index in [4.69, 9.17) is 16.3 Å². The second-order valence-electron chi connectivity index (χ2n) is 3.86. The van der Waals surface area contributed by atoms with Gasteiger partial charge in [-0.2, -0.15) is 0 Å². The van der Waals surface area contributed by atoms with Crippen LogP contribution in [-0.4, -0.2) is 7.11 Å². The fourth-order valence-electron chi connectivity index (χ4n) is 1.62. The molecule has 0 heterocycles. The minimum atomic E-state index is 0.105. The summed E-state index contributed by atoms with van der Waals surface area (Å²) in [6, 6.07) is 6.03. The lowest BCUT2D eigenvalue weighted by atomic mass is 10.1. The summed E-state index contributed by atoms with van der Waals surface area (Å²) in [4.78, 5) is 0. The molecule has 0 amide bonds. The van der Waals surface area contributed by atoms with Gasteiger partial charge in [0.05, 0.1) is 17.0 Å². The van der Waals surface area contributed by atoms with Gasteiger partial charge in [0, 0.05) is 0 Å². The highest BCUT2D eigenvalue weighted by Crippen LogP contribution is 2.32. The van der Waals surface area contributed by atoms with Crippen molar-refractivity contribution in [3.8, 4) is 5.75 Å². The predicted molar refractivity (Wildman–Crippen MR) is 73.4 cm³/mol. The summed E-state index contributed by atoms with van der Waals surface area (Å²) in [5.41, 5.74) is 1.16. The van der Waals surface area contributed by atoms with Gasteiger partial charge in [0.2, 0.25) is 0 Å². The van der Waals surface area contributed by atoms with Crippen molar-refractivity contribution >= 4 is 27.5 Å². The molecular formula is C13H18BrClO. The van der Waals surface area contributed by atoms with Gasteiger partial charge in [-0.25, -0.2) is 0 Å². The largest absolute Gasteiger partial charge is 0.496 e. The van der Waals surface area contributed by atoms with Crippen LogP contribution in [0.5, 0.6) is 5.75 Å². The van der Waals surface area contributed by atoms with E-state index >= 15 is 0 Å². The Balaban J connectivity index is 2.62. The molecule has 1 aromatic rings. The summed E-state index contributed by atoms with van der Waals surface area (Å²) in [6.45, 7) is 2.20. The molecule has 0 radical (unpaired) electrons. The average molecular weight is 306 g/mol. The van der Waals surface area contributed by atoms with Crippen LogP contribution >= 0.6 is 27.5 Å². The number of rotatable bonds is 6. The molecule has 16 heavy (non-hydrogen) atoms. The van der Waals surface area contributed by atoms with Crippen LogP contribution in [0.25, 0.3) is 0 Å².